The highest BCUT2D eigenvalue weighted by Gasteiger charge is 2.20. The van der Waals surface area contributed by atoms with E-state index in [9.17, 15) is 4.79 Å². The van der Waals surface area contributed by atoms with E-state index in [0.717, 1.165) is 22.7 Å². The molecule has 0 fully saturated rings. The summed E-state index contributed by atoms with van der Waals surface area (Å²) in [6, 6.07) is 3.91. The molecule has 0 atom stereocenters. The molecule has 3 heterocycles. The molecule has 3 aromatic rings. The van der Waals surface area contributed by atoms with Gasteiger partial charge in [-0.05, 0) is 32.9 Å². The number of nitrogens with zero attached hydrogens (tertiary/aromatic N) is 2. The number of fused-ring (bicyclic) bond motifs is 1. The molecule has 7 nitrogen and oxygen atoms in total. The summed E-state index contributed by atoms with van der Waals surface area (Å²) in [5, 5.41) is 10.8. The number of carbonyl (C=O) groups is 1. The molecule has 0 aliphatic rings. The number of thiophene rings is 1. The Morgan fingerprint density at radius 2 is 2.04 bits per heavy atom. The van der Waals surface area contributed by atoms with Gasteiger partial charge in [0, 0.05) is 42.1 Å². The summed E-state index contributed by atoms with van der Waals surface area (Å²) in [4.78, 5) is 19.8. The summed E-state index contributed by atoms with van der Waals surface area (Å²) in [5.41, 5.74) is 3.32. The lowest BCUT2D eigenvalue weighted by Crippen LogP contribution is -2.33. The number of aryl methyl sites for hydroxylation is 3. The van der Waals surface area contributed by atoms with Gasteiger partial charge < -0.3 is 19.9 Å². The molecule has 8 heteroatoms. The van der Waals surface area contributed by atoms with Crippen LogP contribution in [0.3, 0.4) is 0 Å². The maximum absolute atomic E-state index is 12.8. The predicted molar refractivity (Wildman–Crippen MR) is 106 cm³/mol. The van der Waals surface area contributed by atoms with Crippen molar-refractivity contribution in [1.29, 1.82) is 0 Å². The van der Waals surface area contributed by atoms with E-state index in [0.29, 0.717) is 42.1 Å². The molecular formula is C19H24N4O3S. The molecule has 0 aliphatic carbocycles. The smallest absolute Gasteiger partial charge is 0.259 e. The Hall–Kier alpha value is -2.29. The number of rotatable bonds is 8. The van der Waals surface area contributed by atoms with Crippen LogP contribution in [0.4, 0.5) is 0 Å². The van der Waals surface area contributed by atoms with Crippen LogP contribution in [-0.4, -0.2) is 49.4 Å². The lowest BCUT2D eigenvalue weighted by atomic mass is 10.1. The number of methoxy groups -OCH3 is 1. The number of pyridine rings is 1. The fourth-order valence-electron chi connectivity index (χ4n) is 2.96. The van der Waals surface area contributed by atoms with Gasteiger partial charge in [0.05, 0.1) is 28.9 Å². The standard InChI is InChI=1S/C19H24N4O3S/c1-11-9-14(13(3)27-11)16-10-15(17-12(2)23-26-19(17)22-16)18(24)21-6-5-20-7-8-25-4/h9-10,20H,5-8H2,1-4H3,(H,21,24). The van der Waals surface area contributed by atoms with Crippen LogP contribution in [-0.2, 0) is 4.74 Å². The molecular weight excluding hydrogens is 364 g/mol. The van der Waals surface area contributed by atoms with Crippen molar-refractivity contribution in [3.63, 3.8) is 0 Å². The minimum atomic E-state index is -0.159. The Bertz CT molecular complexity index is 948. The van der Waals surface area contributed by atoms with Gasteiger partial charge in [0.15, 0.2) is 0 Å². The summed E-state index contributed by atoms with van der Waals surface area (Å²) in [5.74, 6) is -0.159. The molecule has 144 valence electrons. The topological polar surface area (TPSA) is 89.3 Å². The maximum Gasteiger partial charge on any atom is 0.259 e. The van der Waals surface area contributed by atoms with Gasteiger partial charge in [-0.2, -0.15) is 0 Å². The largest absolute Gasteiger partial charge is 0.383 e. The van der Waals surface area contributed by atoms with E-state index in [2.05, 4.69) is 40.7 Å². The fourth-order valence-corrected chi connectivity index (χ4v) is 3.89. The number of carbonyl (C=O) groups excluding carboxylic acids is 1. The highest BCUT2D eigenvalue weighted by atomic mass is 32.1. The van der Waals surface area contributed by atoms with E-state index >= 15 is 0 Å². The van der Waals surface area contributed by atoms with Crippen LogP contribution in [0.15, 0.2) is 16.7 Å². The zero-order valence-electron chi connectivity index (χ0n) is 16.0. The maximum atomic E-state index is 12.8. The average Bonchev–Trinajstić information content (AvgIpc) is 3.19. The van der Waals surface area contributed by atoms with Gasteiger partial charge in [0.1, 0.15) is 0 Å². The second kappa shape index (κ2) is 8.60. The zero-order valence-corrected chi connectivity index (χ0v) is 16.8. The lowest BCUT2D eigenvalue weighted by molar-refractivity contribution is 0.0955. The van der Waals surface area contributed by atoms with E-state index in [1.807, 2.05) is 13.0 Å². The molecule has 1 amide bonds. The number of amides is 1. The minimum Gasteiger partial charge on any atom is -0.383 e. The van der Waals surface area contributed by atoms with E-state index in [4.69, 9.17) is 9.26 Å². The van der Waals surface area contributed by atoms with E-state index in [1.54, 1.807) is 18.4 Å². The van der Waals surface area contributed by atoms with E-state index < -0.39 is 0 Å². The normalized spacial score (nSPS) is 11.3. The van der Waals surface area contributed by atoms with Crippen LogP contribution in [0.5, 0.6) is 0 Å². The molecule has 0 spiro atoms. The number of aromatic nitrogens is 2. The number of nitrogens with one attached hydrogen (secondary N) is 2. The average molecular weight is 388 g/mol. The first-order valence-corrected chi connectivity index (χ1v) is 9.65. The van der Waals surface area contributed by atoms with Crippen molar-refractivity contribution in [2.45, 2.75) is 20.8 Å². The van der Waals surface area contributed by atoms with Crippen molar-refractivity contribution in [2.75, 3.05) is 33.4 Å². The molecule has 0 saturated carbocycles. The summed E-state index contributed by atoms with van der Waals surface area (Å²) >= 11 is 1.71. The van der Waals surface area contributed by atoms with Crippen molar-refractivity contribution >= 4 is 28.3 Å². The second-order valence-corrected chi connectivity index (χ2v) is 7.79. The first-order valence-electron chi connectivity index (χ1n) is 8.83. The molecule has 0 aliphatic heterocycles. The third kappa shape index (κ3) is 4.35. The number of ether oxygens (including phenoxy) is 1. The van der Waals surface area contributed by atoms with Crippen molar-refractivity contribution in [1.82, 2.24) is 20.8 Å². The minimum absolute atomic E-state index is 0.159. The molecule has 0 saturated heterocycles. The third-order valence-electron chi connectivity index (χ3n) is 4.25. The van der Waals surface area contributed by atoms with Crippen LogP contribution in [0.25, 0.3) is 22.4 Å². The summed E-state index contributed by atoms with van der Waals surface area (Å²) in [6.07, 6.45) is 0. The van der Waals surface area contributed by atoms with Gasteiger partial charge in [0.25, 0.3) is 11.6 Å². The molecule has 3 rings (SSSR count). The molecule has 3 aromatic heterocycles. The molecule has 2 N–H and O–H groups in total. The highest BCUT2D eigenvalue weighted by molar-refractivity contribution is 7.12. The van der Waals surface area contributed by atoms with Crippen molar-refractivity contribution < 1.29 is 14.1 Å². The Morgan fingerprint density at radius 3 is 2.74 bits per heavy atom. The molecule has 27 heavy (non-hydrogen) atoms. The van der Waals surface area contributed by atoms with Gasteiger partial charge in [0.2, 0.25) is 0 Å². The Labute approximate surface area is 162 Å². The first-order chi connectivity index (χ1) is 13.0. The van der Waals surface area contributed by atoms with Crippen molar-refractivity contribution in [2.24, 2.45) is 0 Å². The van der Waals surface area contributed by atoms with Gasteiger partial charge in [-0.15, -0.1) is 11.3 Å². The third-order valence-corrected chi connectivity index (χ3v) is 5.21. The van der Waals surface area contributed by atoms with Crippen LogP contribution in [0.2, 0.25) is 0 Å². The van der Waals surface area contributed by atoms with Gasteiger partial charge in [-0.25, -0.2) is 4.98 Å². The Morgan fingerprint density at radius 1 is 1.22 bits per heavy atom. The summed E-state index contributed by atoms with van der Waals surface area (Å²) < 4.78 is 10.3. The fraction of sp³-hybridized carbons (Fsp3) is 0.421. The monoisotopic (exact) mass is 388 g/mol. The molecule has 0 bridgehead atoms. The zero-order chi connectivity index (χ0) is 19.4. The molecule has 0 unspecified atom stereocenters. The number of hydrogen-bond donors (Lipinski definition) is 2. The van der Waals surface area contributed by atoms with Crippen molar-refractivity contribution in [3.8, 4) is 11.3 Å². The molecule has 0 aromatic carbocycles. The van der Waals surface area contributed by atoms with Gasteiger partial charge in [-0.1, -0.05) is 5.16 Å². The van der Waals surface area contributed by atoms with E-state index in [-0.39, 0.29) is 5.91 Å². The molecule has 0 radical (unpaired) electrons. The van der Waals surface area contributed by atoms with Crippen molar-refractivity contribution in [3.05, 3.63) is 33.1 Å². The first kappa shape index (κ1) is 19.5. The lowest BCUT2D eigenvalue weighted by Gasteiger charge is -2.09. The van der Waals surface area contributed by atoms with Crippen LogP contribution >= 0.6 is 11.3 Å². The van der Waals surface area contributed by atoms with E-state index in [1.165, 1.54) is 4.88 Å². The van der Waals surface area contributed by atoms with Crippen LogP contribution < -0.4 is 10.6 Å². The number of hydrogen-bond acceptors (Lipinski definition) is 7. The second-order valence-electron chi connectivity index (χ2n) is 6.33. The van der Waals surface area contributed by atoms with Crippen LogP contribution in [0, 0.1) is 20.8 Å². The summed E-state index contributed by atoms with van der Waals surface area (Å²) in [7, 11) is 1.66. The Balaban J connectivity index is 1.86. The Kier molecular flexibility index (Phi) is 6.20. The predicted octanol–water partition coefficient (Wildman–Crippen LogP) is 2.84. The SMILES string of the molecule is COCCNCCNC(=O)c1cc(-c2cc(C)sc2C)nc2onc(C)c12. The van der Waals surface area contributed by atoms with Gasteiger partial charge >= 0.3 is 0 Å². The summed E-state index contributed by atoms with van der Waals surface area (Å²) in [6.45, 7) is 8.50. The van der Waals surface area contributed by atoms with Crippen LogP contribution in [0.1, 0.15) is 25.8 Å². The highest BCUT2D eigenvalue weighted by Crippen LogP contribution is 2.32. The quantitative estimate of drug-likeness (QED) is 0.577. The van der Waals surface area contributed by atoms with Gasteiger partial charge in [-0.3, -0.25) is 4.79 Å².